The van der Waals surface area contributed by atoms with Gasteiger partial charge in [0.15, 0.2) is 6.35 Å². The van der Waals surface area contributed by atoms with E-state index in [9.17, 15) is 9.36 Å². The van der Waals surface area contributed by atoms with Gasteiger partial charge in [0.1, 0.15) is 6.73 Å². The molecule has 0 radical (unpaired) electrons. The molecule has 1 N–H and O–H groups in total. The molecule has 0 spiro atoms. The zero-order chi connectivity index (χ0) is 11.0. The van der Waals surface area contributed by atoms with Crippen LogP contribution in [-0.2, 0) is 23.1 Å². The Hall–Kier alpha value is -0.620. The molecule has 0 atom stereocenters. The third-order valence-electron chi connectivity index (χ3n) is 1.31. The maximum absolute atomic E-state index is 11.4. The Morgan fingerprint density at radius 3 is 2.29 bits per heavy atom. The van der Waals surface area contributed by atoms with E-state index in [-0.39, 0.29) is 13.1 Å². The zero-order valence-electron chi connectivity index (χ0n) is 8.31. The Morgan fingerprint density at radius 1 is 1.29 bits per heavy atom. The van der Waals surface area contributed by atoms with Crippen molar-refractivity contribution in [2.75, 3.05) is 34.4 Å². The van der Waals surface area contributed by atoms with Crippen LogP contribution in [0, 0.1) is 0 Å². The Bertz CT molecular complexity index is 212. The standard InChI is InChI=1S/C6H14NO6P/c1-10-6(8)7-4-13-5-14(9,11-2)12-3/h4-5H2,1-3H3,(H,7,8). The predicted octanol–water partition coefficient (Wildman–Crippen LogP) is 0.760. The van der Waals surface area contributed by atoms with Crippen LogP contribution in [0.1, 0.15) is 0 Å². The monoisotopic (exact) mass is 227 g/mol. The lowest BCUT2D eigenvalue weighted by molar-refractivity contribution is 0.114. The van der Waals surface area contributed by atoms with Crippen LogP contribution in [0.5, 0.6) is 0 Å². The molecule has 0 saturated heterocycles. The second-order valence-corrected chi connectivity index (χ2v) is 4.33. The van der Waals surface area contributed by atoms with E-state index in [1.165, 1.54) is 21.3 Å². The van der Waals surface area contributed by atoms with Crippen LogP contribution >= 0.6 is 7.60 Å². The molecule has 0 aromatic carbocycles. The van der Waals surface area contributed by atoms with Crippen LogP contribution in [0.25, 0.3) is 0 Å². The van der Waals surface area contributed by atoms with Gasteiger partial charge >= 0.3 is 13.7 Å². The van der Waals surface area contributed by atoms with Gasteiger partial charge in [-0.1, -0.05) is 0 Å². The lowest BCUT2D eigenvalue weighted by Gasteiger charge is -2.13. The number of ether oxygens (including phenoxy) is 2. The molecule has 84 valence electrons. The maximum atomic E-state index is 11.4. The van der Waals surface area contributed by atoms with E-state index in [4.69, 9.17) is 4.74 Å². The quantitative estimate of drug-likeness (QED) is 0.409. The first-order valence-corrected chi connectivity index (χ1v) is 5.41. The van der Waals surface area contributed by atoms with Gasteiger partial charge in [0, 0.05) is 14.2 Å². The van der Waals surface area contributed by atoms with Crippen molar-refractivity contribution in [1.82, 2.24) is 5.32 Å². The van der Waals surface area contributed by atoms with Gasteiger partial charge in [-0.15, -0.1) is 0 Å². The SMILES string of the molecule is COC(=O)NCOCP(=O)(OC)OC. The van der Waals surface area contributed by atoms with Crippen molar-refractivity contribution in [2.24, 2.45) is 0 Å². The molecular weight excluding hydrogens is 213 g/mol. The number of methoxy groups -OCH3 is 1. The minimum absolute atomic E-state index is 0.122. The van der Waals surface area contributed by atoms with Gasteiger partial charge in [-0.2, -0.15) is 0 Å². The van der Waals surface area contributed by atoms with Crippen LogP contribution in [0.15, 0.2) is 0 Å². The number of carbonyl (C=O) groups is 1. The molecule has 0 bridgehead atoms. The summed E-state index contributed by atoms with van der Waals surface area (Å²) in [4.78, 5) is 10.5. The summed E-state index contributed by atoms with van der Waals surface area (Å²) in [5.41, 5.74) is 0. The van der Waals surface area contributed by atoms with Gasteiger partial charge < -0.3 is 18.5 Å². The molecule has 7 nitrogen and oxygen atoms in total. The van der Waals surface area contributed by atoms with Crippen molar-refractivity contribution in [3.05, 3.63) is 0 Å². The van der Waals surface area contributed by atoms with Gasteiger partial charge in [0.05, 0.1) is 7.11 Å². The summed E-state index contributed by atoms with van der Waals surface area (Å²) in [6.45, 7) is -0.122. The summed E-state index contributed by atoms with van der Waals surface area (Å²) in [5.74, 6) is 0. The molecule has 0 aliphatic heterocycles. The number of carbonyl (C=O) groups excluding carboxylic acids is 1. The largest absolute Gasteiger partial charge is 0.453 e. The highest BCUT2D eigenvalue weighted by atomic mass is 31.2. The first-order chi connectivity index (χ1) is 6.58. The second kappa shape index (κ2) is 6.78. The smallest absolute Gasteiger partial charge is 0.408 e. The van der Waals surface area contributed by atoms with Crippen LogP contribution in [0.4, 0.5) is 4.79 Å². The minimum Gasteiger partial charge on any atom is -0.453 e. The first kappa shape index (κ1) is 13.4. The Labute approximate surface area is 82.2 Å². The van der Waals surface area contributed by atoms with Crippen molar-refractivity contribution >= 4 is 13.7 Å². The van der Waals surface area contributed by atoms with Gasteiger partial charge in [-0.3, -0.25) is 9.88 Å². The molecule has 1 amide bonds. The molecule has 14 heavy (non-hydrogen) atoms. The summed E-state index contributed by atoms with van der Waals surface area (Å²) in [5, 5.41) is 2.24. The third kappa shape index (κ3) is 5.18. The number of rotatable bonds is 6. The minimum atomic E-state index is -3.16. The summed E-state index contributed by atoms with van der Waals surface area (Å²) in [6.07, 6.45) is -0.862. The summed E-state index contributed by atoms with van der Waals surface area (Å²) in [7, 11) is 0.566. The highest BCUT2D eigenvalue weighted by Crippen LogP contribution is 2.45. The van der Waals surface area contributed by atoms with E-state index in [1.54, 1.807) is 0 Å². The molecule has 0 aliphatic carbocycles. The molecule has 0 aromatic rings. The van der Waals surface area contributed by atoms with Gasteiger partial charge in [-0.25, -0.2) is 4.79 Å². The molecular formula is C6H14NO6P. The predicted molar refractivity (Wildman–Crippen MR) is 48.0 cm³/mol. The van der Waals surface area contributed by atoms with Crippen molar-refractivity contribution in [3.63, 3.8) is 0 Å². The summed E-state index contributed by atoms with van der Waals surface area (Å²) >= 11 is 0. The van der Waals surface area contributed by atoms with E-state index < -0.39 is 13.7 Å². The fourth-order valence-electron chi connectivity index (χ4n) is 0.520. The van der Waals surface area contributed by atoms with Crippen LogP contribution in [-0.4, -0.2) is 40.5 Å². The second-order valence-electron chi connectivity index (χ2n) is 2.12. The van der Waals surface area contributed by atoms with E-state index >= 15 is 0 Å². The lowest BCUT2D eigenvalue weighted by atomic mass is 11.0. The highest BCUT2D eigenvalue weighted by molar-refractivity contribution is 7.53. The Morgan fingerprint density at radius 2 is 1.86 bits per heavy atom. The maximum Gasteiger partial charge on any atom is 0.408 e. The van der Waals surface area contributed by atoms with Crippen LogP contribution in [0.2, 0.25) is 0 Å². The van der Waals surface area contributed by atoms with Crippen molar-refractivity contribution in [1.29, 1.82) is 0 Å². The molecule has 0 unspecified atom stereocenters. The van der Waals surface area contributed by atoms with E-state index in [0.717, 1.165) is 0 Å². The fraction of sp³-hybridized carbons (Fsp3) is 0.833. The summed E-state index contributed by atoms with van der Waals surface area (Å²) < 4.78 is 29.6. The molecule has 0 rings (SSSR count). The number of alkyl carbamates (subject to hydrolysis) is 1. The first-order valence-electron chi connectivity index (χ1n) is 3.68. The zero-order valence-corrected chi connectivity index (χ0v) is 9.21. The molecule has 8 heteroatoms. The number of hydrogen-bond acceptors (Lipinski definition) is 6. The van der Waals surface area contributed by atoms with Gasteiger partial charge in [0.25, 0.3) is 0 Å². The molecule has 0 aromatic heterocycles. The normalized spacial score (nSPS) is 11.1. The average molecular weight is 227 g/mol. The van der Waals surface area contributed by atoms with Crippen molar-refractivity contribution in [2.45, 2.75) is 0 Å². The molecule has 0 fully saturated rings. The summed E-state index contributed by atoms with van der Waals surface area (Å²) in [6, 6.07) is 0. The van der Waals surface area contributed by atoms with E-state index in [1.807, 2.05) is 0 Å². The van der Waals surface area contributed by atoms with Gasteiger partial charge in [0.2, 0.25) is 0 Å². The van der Waals surface area contributed by atoms with Crippen molar-refractivity contribution < 1.29 is 27.9 Å². The average Bonchev–Trinajstić information content (AvgIpc) is 2.23. The van der Waals surface area contributed by atoms with E-state index in [2.05, 4.69) is 19.1 Å². The molecule has 0 heterocycles. The number of amides is 1. The van der Waals surface area contributed by atoms with Gasteiger partial charge in [-0.05, 0) is 0 Å². The number of hydrogen-bond donors (Lipinski definition) is 1. The highest BCUT2D eigenvalue weighted by Gasteiger charge is 2.20. The van der Waals surface area contributed by atoms with Crippen LogP contribution in [0.3, 0.4) is 0 Å². The topological polar surface area (TPSA) is 83.1 Å². The third-order valence-corrected chi connectivity index (χ3v) is 2.92. The van der Waals surface area contributed by atoms with E-state index in [0.29, 0.717) is 0 Å². The Kier molecular flexibility index (Phi) is 6.48. The molecule has 0 saturated carbocycles. The lowest BCUT2D eigenvalue weighted by Crippen LogP contribution is -2.26. The number of nitrogens with one attached hydrogen (secondary N) is 1. The van der Waals surface area contributed by atoms with Crippen molar-refractivity contribution in [3.8, 4) is 0 Å². The Balaban J connectivity index is 3.63. The molecule has 0 aliphatic rings. The fourth-order valence-corrected chi connectivity index (χ4v) is 1.19. The van der Waals surface area contributed by atoms with Crippen LogP contribution < -0.4 is 5.32 Å².